The van der Waals surface area contributed by atoms with Crippen molar-refractivity contribution in [2.45, 2.75) is 6.54 Å². The third kappa shape index (κ3) is 2.99. The molecule has 1 N–H and O–H groups in total. The molecule has 0 spiro atoms. The summed E-state index contributed by atoms with van der Waals surface area (Å²) in [6.45, 7) is 0.510. The van der Waals surface area contributed by atoms with Crippen molar-refractivity contribution in [1.82, 2.24) is 4.98 Å². The number of ether oxygens (including phenoxy) is 1. The van der Waals surface area contributed by atoms with Gasteiger partial charge in [-0.2, -0.15) is 0 Å². The Labute approximate surface area is 135 Å². The van der Waals surface area contributed by atoms with Crippen molar-refractivity contribution in [3.05, 3.63) is 51.9 Å². The van der Waals surface area contributed by atoms with Gasteiger partial charge in [0.1, 0.15) is 5.76 Å². The number of hydrogen-bond donors (Lipinski definition) is 1. The minimum atomic E-state index is 0.423. The third-order valence-electron chi connectivity index (χ3n) is 3.04. The van der Waals surface area contributed by atoms with E-state index >= 15 is 0 Å². The van der Waals surface area contributed by atoms with E-state index in [0.717, 1.165) is 32.6 Å². The number of methoxy groups -OCH3 is 1. The van der Waals surface area contributed by atoms with Crippen LogP contribution in [0.5, 0.6) is 5.75 Å². The van der Waals surface area contributed by atoms with Gasteiger partial charge in [0.25, 0.3) is 0 Å². The predicted molar refractivity (Wildman–Crippen MR) is 87.0 cm³/mol. The van der Waals surface area contributed by atoms with Crippen LogP contribution >= 0.6 is 27.5 Å². The molecule has 0 fully saturated rings. The van der Waals surface area contributed by atoms with E-state index < -0.39 is 0 Å². The zero-order valence-electron chi connectivity index (χ0n) is 11.2. The summed E-state index contributed by atoms with van der Waals surface area (Å²) in [5, 5.41) is 4.64. The molecule has 2 heterocycles. The molecule has 1 aromatic carbocycles. The van der Waals surface area contributed by atoms with Crippen LogP contribution in [-0.2, 0) is 6.54 Å². The van der Waals surface area contributed by atoms with Gasteiger partial charge in [-0.3, -0.25) is 0 Å². The molecule has 0 aliphatic rings. The van der Waals surface area contributed by atoms with Crippen LogP contribution in [0.2, 0.25) is 5.15 Å². The van der Waals surface area contributed by atoms with E-state index in [1.165, 1.54) is 0 Å². The minimum absolute atomic E-state index is 0.423. The quantitative estimate of drug-likeness (QED) is 0.669. The SMILES string of the molecule is COc1cccc2cc(CNc3cc(Br)cnc3Cl)oc12. The predicted octanol–water partition coefficient (Wildman–Crippen LogP) is 4.86. The molecule has 108 valence electrons. The molecule has 0 radical (unpaired) electrons. The molecule has 2 aromatic heterocycles. The molecule has 0 aliphatic carbocycles. The normalized spacial score (nSPS) is 10.8. The smallest absolute Gasteiger partial charge is 0.176 e. The van der Waals surface area contributed by atoms with Gasteiger partial charge in [-0.05, 0) is 34.1 Å². The maximum absolute atomic E-state index is 6.04. The monoisotopic (exact) mass is 366 g/mol. The lowest BCUT2D eigenvalue weighted by Gasteiger charge is -2.06. The lowest BCUT2D eigenvalue weighted by Crippen LogP contribution is -1.99. The molecule has 0 saturated heterocycles. The number of rotatable bonds is 4. The molecule has 3 aromatic rings. The molecule has 0 bridgehead atoms. The summed E-state index contributed by atoms with van der Waals surface area (Å²) < 4.78 is 12.0. The fraction of sp³-hybridized carbons (Fsp3) is 0.133. The first-order chi connectivity index (χ1) is 10.2. The van der Waals surface area contributed by atoms with Gasteiger partial charge in [0.05, 0.1) is 19.3 Å². The average Bonchev–Trinajstić information content (AvgIpc) is 2.91. The van der Waals surface area contributed by atoms with Crippen molar-refractivity contribution in [2.24, 2.45) is 0 Å². The summed E-state index contributed by atoms with van der Waals surface area (Å²) >= 11 is 9.41. The maximum atomic E-state index is 6.04. The van der Waals surface area contributed by atoms with Gasteiger partial charge < -0.3 is 14.5 Å². The van der Waals surface area contributed by atoms with Crippen LogP contribution < -0.4 is 10.1 Å². The van der Waals surface area contributed by atoms with E-state index in [-0.39, 0.29) is 0 Å². The highest BCUT2D eigenvalue weighted by Gasteiger charge is 2.09. The van der Waals surface area contributed by atoms with E-state index in [2.05, 4.69) is 26.2 Å². The van der Waals surface area contributed by atoms with Crippen molar-refractivity contribution in [1.29, 1.82) is 0 Å². The second kappa shape index (κ2) is 5.95. The number of halogens is 2. The van der Waals surface area contributed by atoms with E-state index in [1.807, 2.05) is 30.3 Å². The molecule has 4 nitrogen and oxygen atoms in total. The number of para-hydroxylation sites is 1. The summed E-state index contributed by atoms with van der Waals surface area (Å²) in [5.74, 6) is 1.52. The number of hydrogen-bond acceptors (Lipinski definition) is 4. The van der Waals surface area contributed by atoms with Crippen LogP contribution in [0.25, 0.3) is 11.0 Å². The van der Waals surface area contributed by atoms with Crippen LogP contribution in [0.4, 0.5) is 5.69 Å². The highest BCUT2D eigenvalue weighted by atomic mass is 79.9. The number of nitrogens with one attached hydrogen (secondary N) is 1. The summed E-state index contributed by atoms with van der Waals surface area (Å²) in [6, 6.07) is 9.64. The maximum Gasteiger partial charge on any atom is 0.176 e. The Bertz CT molecular complexity index is 788. The van der Waals surface area contributed by atoms with E-state index in [4.69, 9.17) is 20.8 Å². The summed E-state index contributed by atoms with van der Waals surface area (Å²) in [5.41, 5.74) is 1.49. The molecular formula is C15H12BrClN2O2. The van der Waals surface area contributed by atoms with Gasteiger partial charge in [0.15, 0.2) is 16.5 Å². The molecular weight excluding hydrogens is 356 g/mol. The highest BCUT2D eigenvalue weighted by molar-refractivity contribution is 9.10. The largest absolute Gasteiger partial charge is 0.493 e. The minimum Gasteiger partial charge on any atom is -0.493 e. The average molecular weight is 368 g/mol. The zero-order chi connectivity index (χ0) is 14.8. The van der Waals surface area contributed by atoms with Crippen LogP contribution in [0, 0.1) is 0 Å². The molecule has 0 amide bonds. The fourth-order valence-electron chi connectivity index (χ4n) is 2.07. The number of fused-ring (bicyclic) bond motifs is 1. The van der Waals surface area contributed by atoms with Crippen LogP contribution in [-0.4, -0.2) is 12.1 Å². The first-order valence-electron chi connectivity index (χ1n) is 6.27. The first-order valence-corrected chi connectivity index (χ1v) is 7.45. The lowest BCUT2D eigenvalue weighted by atomic mass is 10.2. The Hall–Kier alpha value is -1.72. The van der Waals surface area contributed by atoms with Crippen molar-refractivity contribution in [3.8, 4) is 5.75 Å². The number of anilines is 1. The van der Waals surface area contributed by atoms with Gasteiger partial charge in [-0.1, -0.05) is 23.7 Å². The topological polar surface area (TPSA) is 47.3 Å². The van der Waals surface area contributed by atoms with Crippen LogP contribution in [0.1, 0.15) is 5.76 Å². The van der Waals surface area contributed by atoms with E-state index in [1.54, 1.807) is 13.3 Å². The molecule has 0 saturated carbocycles. The van der Waals surface area contributed by atoms with Gasteiger partial charge >= 0.3 is 0 Å². The Kier molecular flexibility index (Phi) is 4.03. The molecule has 0 unspecified atom stereocenters. The Morgan fingerprint density at radius 1 is 1.38 bits per heavy atom. The van der Waals surface area contributed by atoms with Gasteiger partial charge in [0.2, 0.25) is 0 Å². The van der Waals surface area contributed by atoms with Crippen molar-refractivity contribution < 1.29 is 9.15 Å². The summed E-state index contributed by atoms with van der Waals surface area (Å²) in [7, 11) is 1.63. The van der Waals surface area contributed by atoms with Gasteiger partial charge in [0, 0.05) is 16.1 Å². The Balaban J connectivity index is 1.84. The molecule has 3 rings (SSSR count). The highest BCUT2D eigenvalue weighted by Crippen LogP contribution is 2.29. The van der Waals surface area contributed by atoms with E-state index in [9.17, 15) is 0 Å². The number of nitrogens with zero attached hydrogens (tertiary/aromatic N) is 1. The van der Waals surface area contributed by atoms with Crippen LogP contribution in [0.15, 0.2) is 45.4 Å². The Morgan fingerprint density at radius 2 is 2.24 bits per heavy atom. The number of aromatic nitrogens is 1. The second-order valence-electron chi connectivity index (χ2n) is 4.44. The van der Waals surface area contributed by atoms with Gasteiger partial charge in [-0.25, -0.2) is 4.98 Å². The number of pyridine rings is 1. The lowest BCUT2D eigenvalue weighted by molar-refractivity contribution is 0.408. The molecule has 0 aliphatic heterocycles. The van der Waals surface area contributed by atoms with Gasteiger partial charge in [-0.15, -0.1) is 0 Å². The zero-order valence-corrected chi connectivity index (χ0v) is 13.5. The molecule has 0 atom stereocenters. The summed E-state index contributed by atoms with van der Waals surface area (Å²) in [4.78, 5) is 4.07. The standard InChI is InChI=1S/C15H12BrClN2O2/c1-20-13-4-2-3-9-5-11(21-14(9)13)8-18-12-6-10(16)7-19-15(12)17/h2-7,18H,8H2,1H3. The third-order valence-corrected chi connectivity index (χ3v) is 3.77. The van der Waals surface area contributed by atoms with Crippen molar-refractivity contribution in [2.75, 3.05) is 12.4 Å². The van der Waals surface area contributed by atoms with Crippen molar-refractivity contribution >= 4 is 44.2 Å². The van der Waals surface area contributed by atoms with E-state index in [0.29, 0.717) is 11.7 Å². The summed E-state index contributed by atoms with van der Waals surface area (Å²) in [6.07, 6.45) is 1.65. The first kappa shape index (κ1) is 14.2. The Morgan fingerprint density at radius 3 is 3.05 bits per heavy atom. The molecule has 6 heteroatoms. The van der Waals surface area contributed by atoms with Crippen molar-refractivity contribution in [3.63, 3.8) is 0 Å². The fourth-order valence-corrected chi connectivity index (χ4v) is 2.57. The second-order valence-corrected chi connectivity index (χ2v) is 5.71. The number of furan rings is 1. The molecule has 21 heavy (non-hydrogen) atoms. The van der Waals surface area contributed by atoms with Crippen LogP contribution in [0.3, 0.4) is 0 Å². The number of benzene rings is 1.